The Kier molecular flexibility index (Phi) is 6.93. The van der Waals surface area contributed by atoms with Crippen molar-refractivity contribution in [2.75, 3.05) is 10.6 Å². The molecule has 0 radical (unpaired) electrons. The molecule has 0 spiro atoms. The van der Waals surface area contributed by atoms with Gasteiger partial charge in [-0.25, -0.2) is 4.99 Å². The van der Waals surface area contributed by atoms with Crippen molar-refractivity contribution in [3.63, 3.8) is 0 Å². The Morgan fingerprint density at radius 3 is 1.80 bits per heavy atom. The van der Waals surface area contributed by atoms with E-state index in [1.807, 2.05) is 0 Å². The lowest BCUT2D eigenvalue weighted by molar-refractivity contribution is -0.111. The molecule has 0 saturated heterocycles. The average molecular weight is 531 g/mol. The zero-order valence-corrected chi connectivity index (χ0v) is 20.4. The van der Waals surface area contributed by atoms with E-state index in [0.717, 1.165) is 0 Å². The van der Waals surface area contributed by atoms with E-state index in [9.17, 15) is 20.1 Å². The zero-order chi connectivity index (χ0) is 25.3. The first-order valence-corrected chi connectivity index (χ1v) is 11.3. The molecule has 178 valence electrons. The highest BCUT2D eigenvalue weighted by Crippen LogP contribution is 2.33. The van der Waals surface area contributed by atoms with Crippen LogP contribution in [-0.2, 0) is 4.79 Å². The third-order valence-corrected chi connectivity index (χ3v) is 6.03. The molecule has 0 heterocycles. The van der Waals surface area contributed by atoms with Crippen LogP contribution in [0.3, 0.4) is 0 Å². The molecule has 10 heteroatoms. The molecule has 0 amide bonds. The lowest BCUT2D eigenvalue weighted by atomic mass is 9.96. The van der Waals surface area contributed by atoms with Crippen molar-refractivity contribution in [3.8, 4) is 17.2 Å². The quantitative estimate of drug-likeness (QED) is 0.183. The number of nitrogens with zero attached hydrogens (tertiary/aromatic N) is 1. The van der Waals surface area contributed by atoms with Crippen LogP contribution in [0.4, 0.5) is 17.1 Å². The Labute approximate surface area is 215 Å². The van der Waals surface area contributed by atoms with Gasteiger partial charge in [-0.2, -0.15) is 0 Å². The van der Waals surface area contributed by atoms with E-state index in [4.69, 9.17) is 34.8 Å². The van der Waals surface area contributed by atoms with Crippen molar-refractivity contribution in [3.05, 3.63) is 92.7 Å². The van der Waals surface area contributed by atoms with E-state index >= 15 is 0 Å². The Morgan fingerprint density at radius 1 is 0.743 bits per heavy atom. The lowest BCUT2D eigenvalue weighted by Gasteiger charge is -2.22. The van der Waals surface area contributed by atoms with Gasteiger partial charge in [0, 0.05) is 23.0 Å². The van der Waals surface area contributed by atoms with Crippen LogP contribution in [0.5, 0.6) is 17.2 Å². The minimum Gasteiger partial charge on any atom is -0.506 e. The number of ketones is 1. The van der Waals surface area contributed by atoms with Gasteiger partial charge in [-0.15, -0.1) is 0 Å². The first-order valence-electron chi connectivity index (χ1n) is 10.2. The highest BCUT2D eigenvalue weighted by Gasteiger charge is 2.25. The number of benzene rings is 3. The van der Waals surface area contributed by atoms with Crippen LogP contribution in [-0.4, -0.2) is 26.8 Å². The summed E-state index contributed by atoms with van der Waals surface area (Å²) in [5, 5.41) is 35.7. The van der Waals surface area contributed by atoms with Crippen LogP contribution in [0.25, 0.3) is 0 Å². The van der Waals surface area contributed by atoms with Gasteiger partial charge in [0.2, 0.25) is 5.78 Å². The Bertz CT molecular complexity index is 1450. The number of nitrogens with one attached hydrogen (secondary N) is 2. The lowest BCUT2D eigenvalue weighted by Crippen LogP contribution is -2.25. The minimum atomic E-state index is -0.332. The van der Waals surface area contributed by atoms with Crippen molar-refractivity contribution in [1.82, 2.24) is 0 Å². The number of aliphatic imine (C=N–C) groups is 1. The summed E-state index contributed by atoms with van der Waals surface area (Å²) in [6, 6.07) is 13.5. The number of hydrogen-bond donors (Lipinski definition) is 5. The largest absolute Gasteiger partial charge is 0.506 e. The van der Waals surface area contributed by atoms with Crippen LogP contribution >= 0.6 is 34.8 Å². The van der Waals surface area contributed by atoms with Crippen molar-refractivity contribution in [1.29, 1.82) is 0 Å². The summed E-state index contributed by atoms with van der Waals surface area (Å²) >= 11 is 18.1. The number of carbonyl (C=O) groups is 1. The molecule has 0 atom stereocenters. The Morgan fingerprint density at radius 2 is 1.26 bits per heavy atom. The molecule has 1 aliphatic carbocycles. The van der Waals surface area contributed by atoms with Crippen LogP contribution in [0.15, 0.2) is 82.6 Å². The van der Waals surface area contributed by atoms with E-state index in [1.165, 1.54) is 42.5 Å². The molecule has 0 unspecified atom stereocenters. The van der Waals surface area contributed by atoms with Gasteiger partial charge in [-0.05, 0) is 61.5 Å². The van der Waals surface area contributed by atoms with E-state index in [0.29, 0.717) is 34.0 Å². The molecule has 0 fully saturated rings. The topological polar surface area (TPSA) is 114 Å². The number of rotatable bonds is 5. The van der Waals surface area contributed by atoms with E-state index in [1.54, 1.807) is 25.1 Å². The average Bonchev–Trinajstić information content (AvgIpc) is 2.81. The number of hydrogen-bond acceptors (Lipinski definition) is 7. The Balaban J connectivity index is 1.78. The molecule has 0 aromatic heterocycles. The van der Waals surface area contributed by atoms with Crippen LogP contribution in [0, 0.1) is 0 Å². The van der Waals surface area contributed by atoms with Crippen LogP contribution < -0.4 is 10.6 Å². The predicted octanol–water partition coefficient (Wildman–Crippen LogP) is 6.80. The molecule has 3 aromatic carbocycles. The number of phenols is 3. The summed E-state index contributed by atoms with van der Waals surface area (Å²) in [6.07, 6.45) is 1.37. The van der Waals surface area contributed by atoms with Crippen molar-refractivity contribution in [2.45, 2.75) is 6.92 Å². The van der Waals surface area contributed by atoms with E-state index in [2.05, 4.69) is 15.6 Å². The van der Waals surface area contributed by atoms with Crippen LogP contribution in [0.2, 0.25) is 15.1 Å². The maximum Gasteiger partial charge on any atom is 0.204 e. The summed E-state index contributed by atoms with van der Waals surface area (Å²) in [5.41, 5.74) is 3.04. The fourth-order valence-corrected chi connectivity index (χ4v) is 3.87. The van der Waals surface area contributed by atoms with Crippen molar-refractivity contribution >= 4 is 63.4 Å². The molecule has 0 aliphatic heterocycles. The SMILES string of the molecule is CC1=C(Nc2ccc(O)c(Cl)c2)C(=O)C=C(Nc2ccc(O)c(Cl)c2)C1=Nc1ccc(O)c(Cl)c1. The second kappa shape index (κ2) is 9.92. The molecular weight excluding hydrogens is 513 g/mol. The van der Waals surface area contributed by atoms with Crippen molar-refractivity contribution < 1.29 is 20.1 Å². The molecular formula is C25H18Cl3N3O4. The van der Waals surface area contributed by atoms with Gasteiger partial charge in [-0.1, -0.05) is 34.8 Å². The van der Waals surface area contributed by atoms with Gasteiger partial charge in [0.25, 0.3) is 0 Å². The van der Waals surface area contributed by atoms with Gasteiger partial charge in [0.1, 0.15) is 17.2 Å². The normalized spacial score (nSPS) is 14.8. The van der Waals surface area contributed by atoms with Gasteiger partial charge in [0.05, 0.1) is 37.9 Å². The summed E-state index contributed by atoms with van der Waals surface area (Å²) in [4.78, 5) is 17.8. The fourth-order valence-electron chi connectivity index (χ4n) is 3.34. The monoisotopic (exact) mass is 529 g/mol. The highest BCUT2D eigenvalue weighted by molar-refractivity contribution is 6.33. The van der Waals surface area contributed by atoms with Crippen LogP contribution in [0.1, 0.15) is 6.92 Å². The van der Waals surface area contributed by atoms with Gasteiger partial charge < -0.3 is 26.0 Å². The third-order valence-electron chi connectivity index (χ3n) is 5.12. The first kappa shape index (κ1) is 24.5. The minimum absolute atomic E-state index is 0.0753. The Hall–Kier alpha value is -3.65. The number of carbonyl (C=O) groups excluding carboxylic acids is 1. The molecule has 5 N–H and O–H groups in total. The summed E-state index contributed by atoms with van der Waals surface area (Å²) in [5.74, 6) is -0.570. The molecule has 7 nitrogen and oxygen atoms in total. The number of phenolic OH excluding ortho intramolecular Hbond substituents is 3. The number of aromatic hydroxyl groups is 3. The molecule has 35 heavy (non-hydrogen) atoms. The molecule has 1 aliphatic rings. The molecule has 0 bridgehead atoms. The zero-order valence-electron chi connectivity index (χ0n) is 18.1. The van der Waals surface area contributed by atoms with Gasteiger partial charge >= 0.3 is 0 Å². The first-order chi connectivity index (χ1) is 16.6. The van der Waals surface area contributed by atoms with Crippen molar-refractivity contribution in [2.24, 2.45) is 4.99 Å². The summed E-state index contributed by atoms with van der Waals surface area (Å²) in [6.45, 7) is 1.72. The van der Waals surface area contributed by atoms with Gasteiger partial charge in [-0.3, -0.25) is 4.79 Å². The summed E-state index contributed by atoms with van der Waals surface area (Å²) < 4.78 is 0. The predicted molar refractivity (Wildman–Crippen MR) is 139 cm³/mol. The van der Waals surface area contributed by atoms with E-state index in [-0.39, 0.29) is 43.8 Å². The highest BCUT2D eigenvalue weighted by atomic mass is 35.5. The molecule has 0 saturated carbocycles. The second-order valence-electron chi connectivity index (χ2n) is 7.60. The summed E-state index contributed by atoms with van der Waals surface area (Å²) in [7, 11) is 0. The van der Waals surface area contributed by atoms with E-state index < -0.39 is 0 Å². The number of halogens is 3. The second-order valence-corrected chi connectivity index (χ2v) is 8.82. The smallest absolute Gasteiger partial charge is 0.204 e. The maximum atomic E-state index is 13.1. The number of allylic oxidation sites excluding steroid dienone is 2. The fraction of sp³-hybridized carbons (Fsp3) is 0.0400. The molecule has 3 aromatic rings. The standard InChI is InChI=1S/C25H18Cl3N3O4/c1-12-24(30-14-3-6-21(33)17(27)9-14)19(29-13-2-5-20(32)16(26)8-13)11-23(35)25(12)31-15-4-7-22(34)18(28)10-15/h2-11,29,31-34H,1H3. The third kappa shape index (κ3) is 5.38. The maximum absolute atomic E-state index is 13.1. The van der Waals surface area contributed by atoms with Gasteiger partial charge in [0.15, 0.2) is 0 Å². The molecule has 4 rings (SSSR count). The number of anilines is 2.